The number of hydrogen-bond donors (Lipinski definition) is 0. The quantitative estimate of drug-likeness (QED) is 0.837. The van der Waals surface area contributed by atoms with Crippen LogP contribution in [0.4, 0.5) is 19.0 Å². The summed E-state index contributed by atoms with van der Waals surface area (Å²) in [7, 11) is 1.73. The van der Waals surface area contributed by atoms with Crippen molar-refractivity contribution >= 4 is 11.7 Å². The smallest absolute Gasteiger partial charge is 0.353 e. The molecule has 2 aromatic heterocycles. The topological polar surface area (TPSA) is 54.3 Å². The van der Waals surface area contributed by atoms with E-state index in [1.165, 1.54) is 6.20 Å². The van der Waals surface area contributed by atoms with E-state index in [4.69, 9.17) is 0 Å². The molecule has 0 atom stereocenters. The number of alkyl halides is 3. The molecule has 6 nitrogen and oxygen atoms in total. The normalized spacial score (nSPS) is 15.7. The average molecular weight is 339 g/mol. The first kappa shape index (κ1) is 16.3. The van der Waals surface area contributed by atoms with Crippen LogP contribution in [-0.4, -0.2) is 51.8 Å². The monoisotopic (exact) mass is 339 g/mol. The number of aryl methyl sites for hydroxylation is 1. The van der Waals surface area contributed by atoms with E-state index in [0.29, 0.717) is 31.7 Å². The van der Waals surface area contributed by atoms with Crippen molar-refractivity contribution in [2.24, 2.45) is 7.05 Å². The summed E-state index contributed by atoms with van der Waals surface area (Å²) in [6.07, 6.45) is -0.0900. The predicted molar refractivity (Wildman–Crippen MR) is 80.6 cm³/mol. The molecule has 1 fully saturated rings. The SMILES string of the molecule is Cn1cc(C(=O)N2CCN(c3cc(C(F)(F)F)ccn3)CC2)cn1. The summed E-state index contributed by atoms with van der Waals surface area (Å²) in [4.78, 5) is 19.8. The van der Waals surface area contributed by atoms with Crippen LogP contribution in [0.25, 0.3) is 0 Å². The molecule has 0 aromatic carbocycles. The maximum absolute atomic E-state index is 12.8. The van der Waals surface area contributed by atoms with Gasteiger partial charge in [-0.25, -0.2) is 4.98 Å². The zero-order valence-corrected chi connectivity index (χ0v) is 13.0. The summed E-state index contributed by atoms with van der Waals surface area (Å²) < 4.78 is 39.9. The third-order valence-corrected chi connectivity index (χ3v) is 3.92. The fourth-order valence-corrected chi connectivity index (χ4v) is 2.62. The molecular weight excluding hydrogens is 323 g/mol. The van der Waals surface area contributed by atoms with Gasteiger partial charge < -0.3 is 9.80 Å². The Bertz CT molecular complexity index is 735. The van der Waals surface area contributed by atoms with Gasteiger partial charge >= 0.3 is 6.18 Å². The summed E-state index contributed by atoms with van der Waals surface area (Å²) in [5.74, 6) is 0.151. The van der Waals surface area contributed by atoms with Crippen LogP contribution >= 0.6 is 0 Å². The Balaban J connectivity index is 1.66. The van der Waals surface area contributed by atoms with E-state index < -0.39 is 11.7 Å². The Morgan fingerprint density at radius 1 is 1.21 bits per heavy atom. The summed E-state index contributed by atoms with van der Waals surface area (Å²) in [6, 6.07) is 1.99. The van der Waals surface area contributed by atoms with Gasteiger partial charge in [-0.05, 0) is 12.1 Å². The number of carbonyl (C=O) groups excluding carboxylic acids is 1. The fourth-order valence-electron chi connectivity index (χ4n) is 2.62. The summed E-state index contributed by atoms with van der Waals surface area (Å²) >= 11 is 0. The molecule has 1 aliphatic rings. The van der Waals surface area contributed by atoms with Gasteiger partial charge in [-0.2, -0.15) is 18.3 Å². The highest BCUT2D eigenvalue weighted by molar-refractivity contribution is 5.93. The zero-order chi connectivity index (χ0) is 17.3. The number of carbonyl (C=O) groups is 1. The van der Waals surface area contributed by atoms with Gasteiger partial charge in [0.2, 0.25) is 0 Å². The lowest BCUT2D eigenvalue weighted by Crippen LogP contribution is -2.49. The van der Waals surface area contributed by atoms with E-state index in [9.17, 15) is 18.0 Å². The van der Waals surface area contributed by atoms with E-state index in [2.05, 4.69) is 10.1 Å². The first-order valence-corrected chi connectivity index (χ1v) is 7.41. The van der Waals surface area contributed by atoms with Crippen LogP contribution in [0.5, 0.6) is 0 Å². The lowest BCUT2D eigenvalue weighted by molar-refractivity contribution is -0.137. The van der Waals surface area contributed by atoms with Crippen LogP contribution in [-0.2, 0) is 13.2 Å². The number of pyridine rings is 1. The molecule has 128 valence electrons. The number of anilines is 1. The number of rotatable bonds is 2. The Morgan fingerprint density at radius 3 is 2.50 bits per heavy atom. The van der Waals surface area contributed by atoms with Gasteiger partial charge in [-0.15, -0.1) is 0 Å². The minimum Gasteiger partial charge on any atom is -0.353 e. The van der Waals surface area contributed by atoms with E-state index >= 15 is 0 Å². The van der Waals surface area contributed by atoms with Crippen molar-refractivity contribution in [3.63, 3.8) is 0 Å². The molecule has 3 rings (SSSR count). The molecule has 1 saturated heterocycles. The Labute approximate surface area is 136 Å². The highest BCUT2D eigenvalue weighted by Crippen LogP contribution is 2.30. The summed E-state index contributed by atoms with van der Waals surface area (Å²) in [5, 5.41) is 3.97. The molecular formula is C15H16F3N5O. The van der Waals surface area contributed by atoms with Crippen molar-refractivity contribution in [3.8, 4) is 0 Å². The van der Waals surface area contributed by atoms with Gasteiger partial charge in [0.05, 0.1) is 17.3 Å². The van der Waals surface area contributed by atoms with E-state index in [1.807, 2.05) is 0 Å². The first-order chi connectivity index (χ1) is 11.3. The molecule has 0 unspecified atom stereocenters. The lowest BCUT2D eigenvalue weighted by Gasteiger charge is -2.35. The number of aromatic nitrogens is 3. The van der Waals surface area contributed by atoms with Crippen molar-refractivity contribution in [1.82, 2.24) is 19.7 Å². The van der Waals surface area contributed by atoms with Crippen LogP contribution in [0.15, 0.2) is 30.7 Å². The Kier molecular flexibility index (Phi) is 4.16. The van der Waals surface area contributed by atoms with Crippen molar-refractivity contribution in [1.29, 1.82) is 0 Å². The van der Waals surface area contributed by atoms with Crippen LogP contribution in [0, 0.1) is 0 Å². The molecule has 1 aliphatic heterocycles. The van der Waals surface area contributed by atoms with Gasteiger partial charge in [0.25, 0.3) is 5.91 Å². The van der Waals surface area contributed by atoms with Crippen molar-refractivity contribution in [2.75, 3.05) is 31.1 Å². The highest BCUT2D eigenvalue weighted by atomic mass is 19.4. The Hall–Kier alpha value is -2.58. The van der Waals surface area contributed by atoms with Crippen molar-refractivity contribution in [2.45, 2.75) is 6.18 Å². The maximum Gasteiger partial charge on any atom is 0.416 e. The van der Waals surface area contributed by atoms with Crippen molar-refractivity contribution in [3.05, 3.63) is 41.9 Å². The molecule has 0 spiro atoms. The molecule has 2 aromatic rings. The third-order valence-electron chi connectivity index (χ3n) is 3.92. The lowest BCUT2D eigenvalue weighted by atomic mass is 10.2. The molecule has 24 heavy (non-hydrogen) atoms. The number of nitrogens with zero attached hydrogens (tertiary/aromatic N) is 5. The molecule has 3 heterocycles. The fraction of sp³-hybridized carbons (Fsp3) is 0.400. The van der Waals surface area contributed by atoms with Crippen LogP contribution in [0.3, 0.4) is 0 Å². The number of amides is 1. The summed E-state index contributed by atoms with van der Waals surface area (Å²) in [5.41, 5.74) is -0.218. The molecule has 9 heteroatoms. The standard InChI is InChI=1S/C15H16F3N5O/c1-21-10-11(9-20-21)14(24)23-6-4-22(5-7-23)13-8-12(2-3-19-13)15(16,17)18/h2-3,8-10H,4-7H2,1H3. The highest BCUT2D eigenvalue weighted by Gasteiger charge is 2.31. The number of hydrogen-bond acceptors (Lipinski definition) is 4. The molecule has 1 amide bonds. The van der Waals surface area contributed by atoms with Crippen LogP contribution < -0.4 is 4.90 Å². The van der Waals surface area contributed by atoms with E-state index in [0.717, 1.165) is 18.3 Å². The number of piperazine rings is 1. The maximum atomic E-state index is 12.8. The largest absolute Gasteiger partial charge is 0.416 e. The van der Waals surface area contributed by atoms with Gasteiger partial charge in [0, 0.05) is 45.6 Å². The molecule has 0 aliphatic carbocycles. The van der Waals surface area contributed by atoms with Crippen LogP contribution in [0.2, 0.25) is 0 Å². The van der Waals surface area contributed by atoms with Gasteiger partial charge in [-0.1, -0.05) is 0 Å². The van der Waals surface area contributed by atoms with Gasteiger partial charge in [-0.3, -0.25) is 9.48 Å². The van der Waals surface area contributed by atoms with E-state index in [-0.39, 0.29) is 11.7 Å². The third kappa shape index (κ3) is 3.34. The predicted octanol–water partition coefficient (Wildman–Crippen LogP) is 1.80. The second-order valence-corrected chi connectivity index (χ2v) is 5.58. The van der Waals surface area contributed by atoms with E-state index in [1.54, 1.807) is 27.7 Å². The van der Waals surface area contributed by atoms with Gasteiger partial charge in [0.1, 0.15) is 5.82 Å². The minimum absolute atomic E-state index is 0.125. The minimum atomic E-state index is -4.39. The Morgan fingerprint density at radius 2 is 1.92 bits per heavy atom. The molecule has 0 saturated carbocycles. The van der Waals surface area contributed by atoms with Crippen LogP contribution in [0.1, 0.15) is 15.9 Å². The zero-order valence-electron chi connectivity index (χ0n) is 13.0. The van der Waals surface area contributed by atoms with Gasteiger partial charge in [0.15, 0.2) is 0 Å². The second-order valence-electron chi connectivity index (χ2n) is 5.58. The first-order valence-electron chi connectivity index (χ1n) is 7.41. The molecule has 0 bridgehead atoms. The number of halogens is 3. The second kappa shape index (κ2) is 6.14. The molecule has 0 N–H and O–H groups in total. The average Bonchev–Trinajstić information content (AvgIpc) is 3.00. The van der Waals surface area contributed by atoms with Crippen molar-refractivity contribution < 1.29 is 18.0 Å². The molecule has 0 radical (unpaired) electrons. The summed E-state index contributed by atoms with van der Waals surface area (Å²) in [6.45, 7) is 1.71.